The lowest BCUT2D eigenvalue weighted by Gasteiger charge is -2.23. The lowest BCUT2D eigenvalue weighted by atomic mass is 10.00. The summed E-state index contributed by atoms with van der Waals surface area (Å²) >= 11 is 7.85. The number of aliphatic carboxylic acids is 1. The van der Waals surface area contributed by atoms with Gasteiger partial charge in [-0.3, -0.25) is 4.79 Å². The van der Waals surface area contributed by atoms with Gasteiger partial charge in [-0.2, -0.15) is 11.8 Å². The van der Waals surface area contributed by atoms with E-state index in [9.17, 15) is 14.7 Å². The van der Waals surface area contributed by atoms with Crippen LogP contribution >= 0.6 is 23.4 Å². The van der Waals surface area contributed by atoms with Gasteiger partial charge in [0.2, 0.25) is 5.91 Å². The zero-order chi connectivity index (χ0) is 16.1. The van der Waals surface area contributed by atoms with Gasteiger partial charge in [0, 0.05) is 5.92 Å². The molecule has 1 aliphatic heterocycles. The van der Waals surface area contributed by atoms with E-state index >= 15 is 0 Å². The van der Waals surface area contributed by atoms with Crippen LogP contribution in [0.15, 0.2) is 18.2 Å². The molecule has 1 heterocycles. The first-order chi connectivity index (χ1) is 10.5. The van der Waals surface area contributed by atoms with Gasteiger partial charge in [0.25, 0.3) is 0 Å². The van der Waals surface area contributed by atoms with Gasteiger partial charge in [-0.1, -0.05) is 17.7 Å². The fraction of sp³-hybridized carbons (Fsp3) is 0.467. The molecule has 7 heteroatoms. The summed E-state index contributed by atoms with van der Waals surface area (Å²) in [4.78, 5) is 23.7. The van der Waals surface area contributed by atoms with Gasteiger partial charge in [0.1, 0.15) is 5.75 Å². The quantitative estimate of drug-likeness (QED) is 0.859. The Labute approximate surface area is 138 Å². The lowest BCUT2D eigenvalue weighted by Crippen LogP contribution is -2.38. The standard InChI is InChI=1S/C15H18ClNO4S/c1-21-12-3-2-10(8-11(12)16)13(15(19)20)17-14(18)9-4-6-22-7-5-9/h2-3,8-9,13H,4-7H2,1H3,(H,17,18)(H,19,20). The van der Waals surface area contributed by atoms with Gasteiger partial charge >= 0.3 is 5.97 Å². The van der Waals surface area contributed by atoms with Gasteiger partial charge in [-0.25, -0.2) is 4.79 Å². The number of carboxylic acid groups (broad SMARTS) is 1. The highest BCUT2D eigenvalue weighted by Crippen LogP contribution is 2.29. The number of carbonyl (C=O) groups is 2. The van der Waals surface area contributed by atoms with Crippen LogP contribution in [0.4, 0.5) is 0 Å². The molecule has 0 spiro atoms. The molecule has 1 atom stereocenters. The summed E-state index contributed by atoms with van der Waals surface area (Å²) in [6.45, 7) is 0. The van der Waals surface area contributed by atoms with Crippen molar-refractivity contribution in [3.8, 4) is 5.75 Å². The van der Waals surface area contributed by atoms with Crippen LogP contribution in [-0.2, 0) is 9.59 Å². The molecule has 22 heavy (non-hydrogen) atoms. The fourth-order valence-electron chi connectivity index (χ4n) is 2.37. The van der Waals surface area contributed by atoms with Crippen molar-refractivity contribution in [2.45, 2.75) is 18.9 Å². The van der Waals surface area contributed by atoms with Crippen LogP contribution in [0.25, 0.3) is 0 Å². The number of carbonyl (C=O) groups excluding carboxylic acids is 1. The third kappa shape index (κ3) is 4.08. The second kappa shape index (κ2) is 7.74. The van der Waals surface area contributed by atoms with E-state index in [-0.39, 0.29) is 11.8 Å². The van der Waals surface area contributed by atoms with Gasteiger partial charge < -0.3 is 15.2 Å². The maximum Gasteiger partial charge on any atom is 0.330 e. The molecule has 1 aliphatic rings. The van der Waals surface area contributed by atoms with E-state index in [2.05, 4.69) is 5.32 Å². The number of methoxy groups -OCH3 is 1. The molecule has 0 bridgehead atoms. The number of amides is 1. The maximum absolute atomic E-state index is 12.3. The molecule has 1 aromatic carbocycles. The van der Waals surface area contributed by atoms with Crippen LogP contribution in [0.1, 0.15) is 24.4 Å². The molecule has 2 N–H and O–H groups in total. The molecule has 0 aromatic heterocycles. The van der Waals surface area contributed by atoms with Crippen molar-refractivity contribution in [2.24, 2.45) is 5.92 Å². The van der Waals surface area contributed by atoms with E-state index in [4.69, 9.17) is 16.3 Å². The van der Waals surface area contributed by atoms with E-state index in [0.717, 1.165) is 24.3 Å². The van der Waals surface area contributed by atoms with Crippen LogP contribution in [-0.4, -0.2) is 35.6 Å². The SMILES string of the molecule is COc1ccc(C(NC(=O)C2CCSCC2)C(=O)O)cc1Cl. The summed E-state index contributed by atoms with van der Waals surface area (Å²) in [7, 11) is 1.48. The zero-order valence-electron chi connectivity index (χ0n) is 12.2. The van der Waals surface area contributed by atoms with Crippen LogP contribution in [0.3, 0.4) is 0 Å². The molecule has 120 valence electrons. The number of nitrogens with one attached hydrogen (secondary N) is 1. The van der Waals surface area contributed by atoms with Crippen LogP contribution in [0, 0.1) is 5.92 Å². The van der Waals surface area contributed by atoms with E-state index in [1.54, 1.807) is 12.1 Å². The first-order valence-electron chi connectivity index (χ1n) is 6.97. The van der Waals surface area contributed by atoms with Crippen molar-refractivity contribution in [1.29, 1.82) is 0 Å². The fourth-order valence-corrected chi connectivity index (χ4v) is 3.74. The molecule has 0 radical (unpaired) electrons. The Balaban J connectivity index is 2.14. The molecule has 1 unspecified atom stereocenters. The van der Waals surface area contributed by atoms with Crippen molar-refractivity contribution >= 4 is 35.2 Å². The Hall–Kier alpha value is -1.40. The molecular weight excluding hydrogens is 326 g/mol. The predicted octanol–water partition coefficient (Wildman–Crippen LogP) is 2.73. The number of hydrogen-bond donors (Lipinski definition) is 2. The Bertz CT molecular complexity index is 560. The monoisotopic (exact) mass is 343 g/mol. The first-order valence-corrected chi connectivity index (χ1v) is 8.50. The van der Waals surface area contributed by atoms with Gasteiger partial charge in [0.05, 0.1) is 12.1 Å². The van der Waals surface area contributed by atoms with Gasteiger partial charge in [-0.05, 0) is 42.0 Å². The second-order valence-electron chi connectivity index (χ2n) is 5.06. The Kier molecular flexibility index (Phi) is 5.97. The molecule has 1 saturated heterocycles. The average Bonchev–Trinajstić information content (AvgIpc) is 2.52. The van der Waals surface area contributed by atoms with Gasteiger partial charge in [-0.15, -0.1) is 0 Å². The highest BCUT2D eigenvalue weighted by atomic mass is 35.5. The third-order valence-electron chi connectivity index (χ3n) is 3.63. The molecule has 0 aliphatic carbocycles. The number of carboxylic acids is 1. The number of rotatable bonds is 5. The van der Waals surface area contributed by atoms with Crippen molar-refractivity contribution in [3.63, 3.8) is 0 Å². The minimum atomic E-state index is -1.11. The van der Waals surface area contributed by atoms with Crippen LogP contribution in [0.5, 0.6) is 5.75 Å². The third-order valence-corrected chi connectivity index (χ3v) is 4.98. The van der Waals surface area contributed by atoms with Crippen LogP contribution in [0.2, 0.25) is 5.02 Å². The number of halogens is 1. The van der Waals surface area contributed by atoms with E-state index in [1.807, 2.05) is 11.8 Å². The molecule has 5 nitrogen and oxygen atoms in total. The smallest absolute Gasteiger partial charge is 0.330 e. The second-order valence-corrected chi connectivity index (χ2v) is 6.69. The summed E-state index contributed by atoms with van der Waals surface area (Å²) < 4.78 is 5.05. The van der Waals surface area contributed by atoms with Crippen molar-refractivity contribution in [1.82, 2.24) is 5.32 Å². The summed E-state index contributed by atoms with van der Waals surface area (Å²) in [5.41, 5.74) is 0.428. The molecular formula is C15H18ClNO4S. The van der Waals surface area contributed by atoms with E-state index < -0.39 is 12.0 Å². The van der Waals surface area contributed by atoms with E-state index in [1.165, 1.54) is 13.2 Å². The largest absolute Gasteiger partial charge is 0.495 e. The summed E-state index contributed by atoms with van der Waals surface area (Å²) in [6.07, 6.45) is 1.57. The summed E-state index contributed by atoms with van der Waals surface area (Å²) in [6, 6.07) is 3.60. The predicted molar refractivity (Wildman–Crippen MR) is 86.6 cm³/mol. The summed E-state index contributed by atoms with van der Waals surface area (Å²) in [5, 5.41) is 12.3. The Morgan fingerprint density at radius 1 is 1.41 bits per heavy atom. The van der Waals surface area contributed by atoms with E-state index in [0.29, 0.717) is 16.3 Å². The lowest BCUT2D eigenvalue weighted by molar-refractivity contribution is -0.142. The molecule has 2 rings (SSSR count). The first kappa shape index (κ1) is 17.0. The average molecular weight is 344 g/mol. The number of thioether (sulfide) groups is 1. The van der Waals surface area contributed by atoms with Crippen LogP contribution < -0.4 is 10.1 Å². The van der Waals surface area contributed by atoms with Gasteiger partial charge in [0.15, 0.2) is 6.04 Å². The number of hydrogen-bond acceptors (Lipinski definition) is 4. The molecule has 1 fully saturated rings. The molecule has 1 amide bonds. The topological polar surface area (TPSA) is 75.6 Å². The summed E-state index contributed by atoms with van der Waals surface area (Å²) in [5.74, 6) is 0.899. The number of ether oxygens (including phenoxy) is 1. The highest BCUT2D eigenvalue weighted by molar-refractivity contribution is 7.99. The molecule has 1 aromatic rings. The highest BCUT2D eigenvalue weighted by Gasteiger charge is 2.28. The van der Waals surface area contributed by atoms with Crippen molar-refractivity contribution in [3.05, 3.63) is 28.8 Å². The maximum atomic E-state index is 12.3. The van der Waals surface area contributed by atoms with Crippen molar-refractivity contribution < 1.29 is 19.4 Å². The van der Waals surface area contributed by atoms with Crippen molar-refractivity contribution in [2.75, 3.05) is 18.6 Å². The zero-order valence-corrected chi connectivity index (χ0v) is 13.7. The minimum absolute atomic E-state index is 0.114. The normalized spacial score (nSPS) is 16.8. The molecule has 0 saturated carbocycles. The Morgan fingerprint density at radius 2 is 2.09 bits per heavy atom. The minimum Gasteiger partial charge on any atom is -0.495 e. The Morgan fingerprint density at radius 3 is 2.64 bits per heavy atom. The number of benzene rings is 1.